The lowest BCUT2D eigenvalue weighted by Gasteiger charge is -2.32. The van der Waals surface area contributed by atoms with E-state index in [4.69, 9.17) is 0 Å². The van der Waals surface area contributed by atoms with Crippen molar-refractivity contribution in [1.29, 1.82) is 0 Å². The number of nitrogens with zero attached hydrogens (tertiary/aromatic N) is 1. The van der Waals surface area contributed by atoms with E-state index in [-0.39, 0.29) is 0 Å². The molecule has 0 spiro atoms. The molecule has 1 unspecified atom stereocenters. The summed E-state index contributed by atoms with van der Waals surface area (Å²) in [4.78, 5) is 2.39. The van der Waals surface area contributed by atoms with Crippen LogP contribution in [-0.2, 0) is 6.42 Å². The predicted molar refractivity (Wildman–Crippen MR) is 176 cm³/mol. The van der Waals surface area contributed by atoms with Crippen molar-refractivity contribution in [2.75, 3.05) is 4.90 Å². The normalized spacial score (nSPS) is 14.9. The average molecular weight is 530 g/mol. The zero-order valence-electron chi connectivity index (χ0n) is 23.5. The standard InChI is InChI=1S/C40H35N/c1-31-13-11-12-20-40(31)41(38-18-9-4-10-19-38)39-27-25-36(26-28-39)35-23-21-33(22-24-35)30-37(34-16-7-3-8-17-34)29-32-14-5-2-6-15-32/h2-12,14-28,30-31H,13,29H2,1H3/b37-30+. The SMILES string of the molecule is CC1CC=CC=C1N(c1ccccc1)c1ccc(-c2ccc(/C=C(\Cc3ccccc3)c3ccccc3)cc2)cc1. The van der Waals surface area contributed by atoms with Crippen molar-refractivity contribution >= 4 is 23.0 Å². The Morgan fingerprint density at radius 2 is 1.22 bits per heavy atom. The van der Waals surface area contributed by atoms with Gasteiger partial charge in [-0.1, -0.05) is 140 Å². The molecule has 1 nitrogen and oxygen atoms in total. The molecule has 0 bridgehead atoms. The smallest absolute Gasteiger partial charge is 0.0458 e. The van der Waals surface area contributed by atoms with Crippen molar-refractivity contribution in [2.45, 2.75) is 19.8 Å². The largest absolute Gasteiger partial charge is 0.314 e. The number of benzene rings is 5. The second-order valence-corrected chi connectivity index (χ2v) is 10.7. The van der Waals surface area contributed by atoms with Crippen molar-refractivity contribution in [3.8, 4) is 11.1 Å². The molecular formula is C40H35N. The minimum Gasteiger partial charge on any atom is -0.314 e. The van der Waals surface area contributed by atoms with Gasteiger partial charge in [-0.05, 0) is 76.6 Å². The third kappa shape index (κ3) is 6.31. The molecule has 0 fully saturated rings. The van der Waals surface area contributed by atoms with Crippen molar-refractivity contribution in [3.05, 3.63) is 180 Å². The van der Waals surface area contributed by atoms with Crippen LogP contribution in [0.2, 0.25) is 0 Å². The highest BCUT2D eigenvalue weighted by molar-refractivity contribution is 5.83. The Morgan fingerprint density at radius 1 is 0.659 bits per heavy atom. The van der Waals surface area contributed by atoms with Crippen LogP contribution < -0.4 is 4.90 Å². The number of anilines is 2. The summed E-state index contributed by atoms with van der Waals surface area (Å²) in [5, 5.41) is 0. The first-order valence-corrected chi connectivity index (χ1v) is 14.5. The van der Waals surface area contributed by atoms with Crippen LogP contribution in [0.3, 0.4) is 0 Å². The Kier molecular flexibility index (Phi) is 8.05. The van der Waals surface area contributed by atoms with E-state index in [9.17, 15) is 0 Å². The number of hydrogen-bond donors (Lipinski definition) is 0. The number of allylic oxidation sites excluding steroid dienone is 5. The maximum absolute atomic E-state index is 2.39. The van der Waals surface area contributed by atoms with Gasteiger partial charge in [0.25, 0.3) is 0 Å². The average Bonchev–Trinajstić information content (AvgIpc) is 3.04. The second kappa shape index (κ2) is 12.5. The summed E-state index contributed by atoms with van der Waals surface area (Å²) >= 11 is 0. The van der Waals surface area contributed by atoms with Crippen molar-refractivity contribution in [2.24, 2.45) is 5.92 Å². The van der Waals surface area contributed by atoms with E-state index in [1.807, 2.05) is 0 Å². The van der Waals surface area contributed by atoms with Gasteiger partial charge in [0.1, 0.15) is 0 Å². The zero-order chi connectivity index (χ0) is 27.9. The summed E-state index contributed by atoms with van der Waals surface area (Å²) in [6.45, 7) is 2.30. The first-order valence-electron chi connectivity index (χ1n) is 14.5. The maximum Gasteiger partial charge on any atom is 0.0458 e. The van der Waals surface area contributed by atoms with Crippen LogP contribution in [0.25, 0.3) is 22.8 Å². The van der Waals surface area contributed by atoms with Gasteiger partial charge in [-0.2, -0.15) is 0 Å². The highest BCUT2D eigenvalue weighted by atomic mass is 15.2. The minimum absolute atomic E-state index is 0.461. The summed E-state index contributed by atoms with van der Waals surface area (Å²) in [6.07, 6.45) is 11.0. The second-order valence-electron chi connectivity index (χ2n) is 10.7. The van der Waals surface area contributed by atoms with Gasteiger partial charge in [0.05, 0.1) is 0 Å². The molecule has 0 radical (unpaired) electrons. The molecule has 5 aromatic carbocycles. The van der Waals surface area contributed by atoms with Gasteiger partial charge in [-0.15, -0.1) is 0 Å². The number of para-hydroxylation sites is 1. The number of hydrogen-bond acceptors (Lipinski definition) is 1. The molecule has 0 heterocycles. The molecule has 41 heavy (non-hydrogen) atoms. The Bertz CT molecular complexity index is 1640. The predicted octanol–water partition coefficient (Wildman–Crippen LogP) is 10.8. The summed E-state index contributed by atoms with van der Waals surface area (Å²) in [6, 6.07) is 50.0. The van der Waals surface area contributed by atoms with Crippen LogP contribution in [0, 0.1) is 5.92 Å². The molecule has 0 saturated heterocycles. The first-order chi connectivity index (χ1) is 20.2. The Balaban J connectivity index is 1.27. The molecule has 1 aliphatic rings. The van der Waals surface area contributed by atoms with E-state index in [0.717, 1.165) is 12.8 Å². The van der Waals surface area contributed by atoms with Crippen LogP contribution in [-0.4, -0.2) is 0 Å². The Labute approximate surface area is 244 Å². The van der Waals surface area contributed by atoms with E-state index < -0.39 is 0 Å². The van der Waals surface area contributed by atoms with E-state index in [0.29, 0.717) is 5.92 Å². The van der Waals surface area contributed by atoms with E-state index in [1.165, 1.54) is 50.5 Å². The van der Waals surface area contributed by atoms with Crippen molar-refractivity contribution < 1.29 is 0 Å². The molecule has 1 aliphatic carbocycles. The van der Waals surface area contributed by atoms with Gasteiger partial charge in [-0.25, -0.2) is 0 Å². The highest BCUT2D eigenvalue weighted by Gasteiger charge is 2.20. The molecule has 1 heteroatoms. The molecular weight excluding hydrogens is 494 g/mol. The summed E-state index contributed by atoms with van der Waals surface area (Å²) in [7, 11) is 0. The van der Waals surface area contributed by atoms with Gasteiger partial charge in [-0.3, -0.25) is 0 Å². The van der Waals surface area contributed by atoms with Gasteiger partial charge >= 0.3 is 0 Å². The fraction of sp³-hybridized carbons (Fsp3) is 0.100. The van der Waals surface area contributed by atoms with Crippen molar-refractivity contribution in [3.63, 3.8) is 0 Å². The molecule has 200 valence electrons. The molecule has 0 saturated carbocycles. The molecule has 1 atom stereocenters. The monoisotopic (exact) mass is 529 g/mol. The lowest BCUT2D eigenvalue weighted by Crippen LogP contribution is -2.22. The van der Waals surface area contributed by atoms with Gasteiger partial charge in [0, 0.05) is 23.0 Å². The molecule has 0 amide bonds. The first kappa shape index (κ1) is 26.3. The van der Waals surface area contributed by atoms with Gasteiger partial charge in [0.15, 0.2) is 0 Å². The van der Waals surface area contributed by atoms with Crippen LogP contribution in [0.5, 0.6) is 0 Å². The fourth-order valence-electron chi connectivity index (χ4n) is 5.53. The maximum atomic E-state index is 2.39. The zero-order valence-corrected chi connectivity index (χ0v) is 23.5. The molecule has 0 aromatic heterocycles. The Morgan fingerprint density at radius 3 is 1.85 bits per heavy atom. The molecule has 5 aromatic rings. The van der Waals surface area contributed by atoms with Crippen LogP contribution in [0.4, 0.5) is 11.4 Å². The van der Waals surface area contributed by atoms with E-state index in [2.05, 4.69) is 176 Å². The third-order valence-corrected chi connectivity index (χ3v) is 7.76. The summed E-state index contributed by atoms with van der Waals surface area (Å²) in [5.41, 5.74) is 11.2. The summed E-state index contributed by atoms with van der Waals surface area (Å²) in [5.74, 6) is 0.461. The Hall–Kier alpha value is -4.88. The van der Waals surface area contributed by atoms with E-state index in [1.54, 1.807) is 0 Å². The lowest BCUT2D eigenvalue weighted by atomic mass is 9.95. The number of rotatable bonds is 8. The highest BCUT2D eigenvalue weighted by Crippen LogP contribution is 2.36. The van der Waals surface area contributed by atoms with E-state index >= 15 is 0 Å². The minimum atomic E-state index is 0.461. The van der Waals surface area contributed by atoms with Gasteiger partial charge in [0.2, 0.25) is 0 Å². The molecule has 0 aliphatic heterocycles. The molecule has 0 N–H and O–H groups in total. The quantitative estimate of drug-likeness (QED) is 0.181. The van der Waals surface area contributed by atoms with Crippen molar-refractivity contribution in [1.82, 2.24) is 0 Å². The third-order valence-electron chi connectivity index (χ3n) is 7.76. The van der Waals surface area contributed by atoms with Crippen LogP contribution in [0.1, 0.15) is 30.0 Å². The molecule has 6 rings (SSSR count). The topological polar surface area (TPSA) is 3.24 Å². The fourth-order valence-corrected chi connectivity index (χ4v) is 5.53. The van der Waals surface area contributed by atoms with Gasteiger partial charge < -0.3 is 4.90 Å². The van der Waals surface area contributed by atoms with Crippen LogP contribution >= 0.6 is 0 Å². The summed E-state index contributed by atoms with van der Waals surface area (Å²) < 4.78 is 0. The van der Waals surface area contributed by atoms with Crippen LogP contribution in [0.15, 0.2) is 163 Å². The lowest BCUT2D eigenvalue weighted by molar-refractivity contribution is 0.670.